The lowest BCUT2D eigenvalue weighted by atomic mass is 10.2. The monoisotopic (exact) mass is 417 g/mol. The summed E-state index contributed by atoms with van der Waals surface area (Å²) < 4.78 is 14.6. The van der Waals surface area contributed by atoms with Crippen LogP contribution in [0.3, 0.4) is 0 Å². The van der Waals surface area contributed by atoms with E-state index in [2.05, 4.69) is 22.5 Å². The quantitative estimate of drug-likeness (QED) is 0.488. The molecule has 0 aliphatic rings. The molecular formula is C20H20FN3O2S2. The highest BCUT2D eigenvalue weighted by Crippen LogP contribution is 2.31. The first-order valence-corrected chi connectivity index (χ1v) is 10.7. The third-order valence-electron chi connectivity index (χ3n) is 3.86. The lowest BCUT2D eigenvalue weighted by molar-refractivity contribution is -0.116. The van der Waals surface area contributed by atoms with Gasteiger partial charge in [0.15, 0.2) is 4.34 Å². The van der Waals surface area contributed by atoms with Crippen LogP contribution in [0.2, 0.25) is 0 Å². The van der Waals surface area contributed by atoms with E-state index in [4.69, 9.17) is 0 Å². The number of carbonyl (C=O) groups excluding carboxylic acids is 2. The molecule has 0 spiro atoms. The van der Waals surface area contributed by atoms with E-state index in [1.54, 1.807) is 0 Å². The number of unbranched alkanes of at least 4 members (excludes halogenated alkanes) is 1. The van der Waals surface area contributed by atoms with Crippen molar-refractivity contribution < 1.29 is 14.0 Å². The van der Waals surface area contributed by atoms with Crippen molar-refractivity contribution in [2.75, 3.05) is 16.4 Å². The van der Waals surface area contributed by atoms with Crippen LogP contribution in [-0.2, 0) is 9.59 Å². The summed E-state index contributed by atoms with van der Waals surface area (Å²) in [7, 11) is 0. The first kappa shape index (κ1) is 20.3. The molecule has 0 aliphatic carbocycles. The molecular weight excluding hydrogens is 397 g/mol. The first-order valence-electron chi connectivity index (χ1n) is 8.92. The van der Waals surface area contributed by atoms with Crippen molar-refractivity contribution in [3.05, 3.63) is 48.3 Å². The Labute approximate surface area is 170 Å². The molecule has 0 bridgehead atoms. The number of fused-ring (bicyclic) bond motifs is 1. The van der Waals surface area contributed by atoms with Crippen LogP contribution in [-0.4, -0.2) is 22.6 Å². The topological polar surface area (TPSA) is 71.1 Å². The second kappa shape index (κ2) is 9.66. The van der Waals surface area contributed by atoms with Crippen molar-refractivity contribution >= 4 is 56.5 Å². The summed E-state index contributed by atoms with van der Waals surface area (Å²) in [6.07, 6.45) is 2.37. The van der Waals surface area contributed by atoms with Crippen molar-refractivity contribution in [2.45, 2.75) is 30.5 Å². The number of benzene rings is 2. The SMILES string of the molecule is CCCCC(=O)Nc1ccc2nc(SCC(=O)Nc3ccc(F)cc3)sc2c1. The predicted octanol–water partition coefficient (Wildman–Crippen LogP) is 5.29. The normalized spacial score (nSPS) is 10.8. The van der Waals surface area contributed by atoms with Gasteiger partial charge < -0.3 is 10.6 Å². The van der Waals surface area contributed by atoms with Gasteiger partial charge in [-0.15, -0.1) is 11.3 Å². The Morgan fingerprint density at radius 2 is 1.79 bits per heavy atom. The number of anilines is 2. The average Bonchev–Trinajstić information content (AvgIpc) is 3.09. The molecule has 0 saturated heterocycles. The van der Waals surface area contributed by atoms with Gasteiger partial charge in [0.25, 0.3) is 0 Å². The van der Waals surface area contributed by atoms with Crippen LogP contribution in [0.4, 0.5) is 15.8 Å². The summed E-state index contributed by atoms with van der Waals surface area (Å²) in [5.41, 5.74) is 2.14. The van der Waals surface area contributed by atoms with Gasteiger partial charge in [-0.25, -0.2) is 9.37 Å². The van der Waals surface area contributed by atoms with Gasteiger partial charge in [-0.1, -0.05) is 25.1 Å². The number of halogens is 1. The molecule has 0 aliphatic heterocycles. The Balaban J connectivity index is 1.57. The molecule has 2 N–H and O–H groups in total. The second-order valence-corrected chi connectivity index (χ2v) is 8.41. The Bertz CT molecular complexity index is 973. The van der Waals surface area contributed by atoms with Crippen molar-refractivity contribution in [3.8, 4) is 0 Å². The summed E-state index contributed by atoms with van der Waals surface area (Å²) in [6.45, 7) is 2.05. The number of hydrogen-bond acceptors (Lipinski definition) is 5. The summed E-state index contributed by atoms with van der Waals surface area (Å²) in [6, 6.07) is 11.2. The van der Waals surface area contributed by atoms with Crippen molar-refractivity contribution in [3.63, 3.8) is 0 Å². The Kier molecular flexibility index (Phi) is 7.00. The van der Waals surface area contributed by atoms with E-state index in [-0.39, 0.29) is 23.4 Å². The molecule has 8 heteroatoms. The minimum Gasteiger partial charge on any atom is -0.326 e. The van der Waals surface area contributed by atoms with Gasteiger partial charge in [0.05, 0.1) is 16.0 Å². The van der Waals surface area contributed by atoms with Gasteiger partial charge in [0.2, 0.25) is 11.8 Å². The third-order valence-corrected chi connectivity index (χ3v) is 6.03. The highest BCUT2D eigenvalue weighted by atomic mass is 32.2. The Morgan fingerprint density at radius 1 is 1.07 bits per heavy atom. The Morgan fingerprint density at radius 3 is 2.54 bits per heavy atom. The van der Waals surface area contributed by atoms with Gasteiger partial charge in [0, 0.05) is 17.8 Å². The lowest BCUT2D eigenvalue weighted by Crippen LogP contribution is -2.13. The number of rotatable bonds is 8. The van der Waals surface area contributed by atoms with E-state index in [1.165, 1.54) is 47.4 Å². The minimum absolute atomic E-state index is 0.0118. The van der Waals surface area contributed by atoms with Gasteiger partial charge >= 0.3 is 0 Å². The molecule has 0 fully saturated rings. The van der Waals surface area contributed by atoms with Gasteiger partial charge in [-0.2, -0.15) is 0 Å². The van der Waals surface area contributed by atoms with Gasteiger partial charge in [-0.05, 0) is 48.9 Å². The molecule has 0 atom stereocenters. The van der Waals surface area contributed by atoms with Crippen molar-refractivity contribution in [1.82, 2.24) is 4.98 Å². The lowest BCUT2D eigenvalue weighted by Gasteiger charge is -2.04. The molecule has 2 amide bonds. The van der Waals surface area contributed by atoms with Gasteiger partial charge in [-0.3, -0.25) is 9.59 Å². The number of nitrogens with one attached hydrogen (secondary N) is 2. The van der Waals surface area contributed by atoms with Crippen LogP contribution in [0.15, 0.2) is 46.8 Å². The highest BCUT2D eigenvalue weighted by Gasteiger charge is 2.10. The number of thiazole rings is 1. The number of thioether (sulfide) groups is 1. The van der Waals surface area contributed by atoms with Gasteiger partial charge in [0.1, 0.15) is 5.82 Å². The maximum Gasteiger partial charge on any atom is 0.234 e. The van der Waals surface area contributed by atoms with E-state index >= 15 is 0 Å². The number of carbonyl (C=O) groups is 2. The fraction of sp³-hybridized carbons (Fsp3) is 0.250. The highest BCUT2D eigenvalue weighted by molar-refractivity contribution is 8.01. The summed E-state index contributed by atoms with van der Waals surface area (Å²) in [5.74, 6) is -0.307. The minimum atomic E-state index is -0.345. The summed E-state index contributed by atoms with van der Waals surface area (Å²) >= 11 is 2.82. The zero-order valence-corrected chi connectivity index (χ0v) is 17.0. The molecule has 0 radical (unpaired) electrons. The number of amides is 2. The molecule has 28 heavy (non-hydrogen) atoms. The molecule has 3 aromatic rings. The molecule has 1 heterocycles. The van der Waals surface area contributed by atoms with Crippen LogP contribution >= 0.6 is 23.1 Å². The summed E-state index contributed by atoms with van der Waals surface area (Å²) in [4.78, 5) is 28.4. The average molecular weight is 418 g/mol. The molecule has 0 saturated carbocycles. The van der Waals surface area contributed by atoms with Crippen LogP contribution in [0, 0.1) is 5.82 Å². The van der Waals surface area contributed by atoms with E-state index < -0.39 is 0 Å². The van der Waals surface area contributed by atoms with Crippen LogP contribution in [0.25, 0.3) is 10.2 Å². The number of nitrogens with zero attached hydrogens (tertiary/aromatic N) is 1. The maximum atomic E-state index is 12.9. The van der Waals surface area contributed by atoms with Crippen LogP contribution in [0.1, 0.15) is 26.2 Å². The number of hydrogen-bond donors (Lipinski definition) is 2. The summed E-state index contributed by atoms with van der Waals surface area (Å²) in [5, 5.41) is 5.63. The van der Waals surface area contributed by atoms with Crippen LogP contribution < -0.4 is 10.6 Å². The molecule has 1 aromatic heterocycles. The fourth-order valence-electron chi connectivity index (χ4n) is 2.46. The number of aromatic nitrogens is 1. The van der Waals surface area contributed by atoms with Crippen molar-refractivity contribution in [2.24, 2.45) is 0 Å². The smallest absolute Gasteiger partial charge is 0.234 e. The molecule has 5 nitrogen and oxygen atoms in total. The maximum absolute atomic E-state index is 12.9. The van der Waals surface area contributed by atoms with E-state index in [0.717, 1.165) is 33.1 Å². The molecule has 146 valence electrons. The van der Waals surface area contributed by atoms with E-state index in [1.807, 2.05) is 18.2 Å². The molecule has 0 unspecified atom stereocenters. The second-order valence-electron chi connectivity index (χ2n) is 6.16. The van der Waals surface area contributed by atoms with Crippen molar-refractivity contribution in [1.29, 1.82) is 0 Å². The predicted molar refractivity (Wildman–Crippen MR) is 114 cm³/mol. The first-order chi connectivity index (χ1) is 13.5. The van der Waals surface area contributed by atoms with E-state index in [0.29, 0.717) is 12.1 Å². The zero-order chi connectivity index (χ0) is 19.9. The third kappa shape index (κ3) is 5.77. The van der Waals surface area contributed by atoms with Crippen LogP contribution in [0.5, 0.6) is 0 Å². The Hall–Kier alpha value is -2.45. The van der Waals surface area contributed by atoms with E-state index in [9.17, 15) is 14.0 Å². The molecule has 2 aromatic carbocycles. The zero-order valence-electron chi connectivity index (χ0n) is 15.3. The standard InChI is InChI=1S/C20H20FN3O2S2/c1-2-3-4-18(25)23-15-9-10-16-17(11-15)28-20(24-16)27-12-19(26)22-14-7-5-13(21)6-8-14/h5-11H,2-4,12H2,1H3,(H,22,26)(H,23,25). The molecule has 3 rings (SSSR count). The largest absolute Gasteiger partial charge is 0.326 e. The fourth-order valence-corrected chi connectivity index (χ4v) is 4.37.